The van der Waals surface area contributed by atoms with Gasteiger partial charge in [0.05, 0.1) is 23.5 Å². The Hall–Kier alpha value is -4.74. The molecule has 0 saturated carbocycles. The van der Waals surface area contributed by atoms with E-state index in [9.17, 15) is 35.9 Å². The first-order valence-corrected chi connectivity index (χ1v) is 13.2. The minimum Gasteiger partial charge on any atom is -0.399 e. The average molecular weight is 599 g/mol. The molecule has 43 heavy (non-hydrogen) atoms. The summed E-state index contributed by atoms with van der Waals surface area (Å²) in [5.74, 6) is -4.32. The molecule has 0 bridgehead atoms. The fourth-order valence-corrected chi connectivity index (χ4v) is 5.44. The van der Waals surface area contributed by atoms with Crippen LogP contribution in [0.4, 0.5) is 26.3 Å². The van der Waals surface area contributed by atoms with Crippen molar-refractivity contribution in [1.29, 1.82) is 0 Å². The minimum atomic E-state index is -4.88. The number of alkyl halides is 3. The third-order valence-corrected chi connectivity index (χ3v) is 7.25. The molecule has 5 rings (SSSR count). The van der Waals surface area contributed by atoms with Gasteiger partial charge in [0.15, 0.2) is 17.3 Å². The van der Waals surface area contributed by atoms with Crippen molar-refractivity contribution in [3.05, 3.63) is 113 Å². The number of Topliss-reactive ketones (excluding diaryl/α,β-unsaturated/α-hetero) is 2. The maximum atomic E-state index is 14.4. The SMILES string of the molecule is C=C(N)c1cc(-c2cccnc2[C@@H](CC(=O)Cn2nc(C(F)(F)F)c3c2CCC3=O)Cc2cc(F)cc(F)c2)ccc1F. The number of ketones is 2. The monoisotopic (exact) mass is 598 g/mol. The number of nitrogens with zero attached hydrogens (tertiary/aromatic N) is 3. The summed E-state index contributed by atoms with van der Waals surface area (Å²) in [6, 6.07) is 10.3. The molecule has 6 nitrogen and oxygen atoms in total. The minimum absolute atomic E-state index is 0.0141. The van der Waals surface area contributed by atoms with Crippen molar-refractivity contribution in [3.8, 4) is 11.1 Å². The van der Waals surface area contributed by atoms with Gasteiger partial charge in [-0.25, -0.2) is 13.2 Å². The van der Waals surface area contributed by atoms with Gasteiger partial charge >= 0.3 is 6.18 Å². The molecule has 222 valence electrons. The van der Waals surface area contributed by atoms with Crippen LogP contribution in [0.1, 0.15) is 57.3 Å². The number of benzene rings is 2. The second-order valence-electron chi connectivity index (χ2n) is 10.3. The lowest BCUT2D eigenvalue weighted by Gasteiger charge is -2.20. The summed E-state index contributed by atoms with van der Waals surface area (Å²) in [5.41, 5.74) is 5.46. The van der Waals surface area contributed by atoms with Crippen LogP contribution in [0, 0.1) is 17.5 Å². The van der Waals surface area contributed by atoms with Crippen LogP contribution < -0.4 is 5.73 Å². The number of halogens is 6. The fourth-order valence-electron chi connectivity index (χ4n) is 5.44. The van der Waals surface area contributed by atoms with E-state index in [0.29, 0.717) is 22.9 Å². The molecule has 4 aromatic rings. The first kappa shape index (κ1) is 29.7. The molecule has 2 aromatic carbocycles. The first-order chi connectivity index (χ1) is 20.3. The fraction of sp³-hybridized carbons (Fsp3) is 0.226. The van der Waals surface area contributed by atoms with Crippen molar-refractivity contribution in [2.45, 2.75) is 44.3 Å². The van der Waals surface area contributed by atoms with Crippen molar-refractivity contribution in [2.75, 3.05) is 0 Å². The quantitative estimate of drug-likeness (QED) is 0.225. The zero-order valence-corrected chi connectivity index (χ0v) is 22.5. The Balaban J connectivity index is 1.53. The first-order valence-electron chi connectivity index (χ1n) is 13.2. The number of pyridine rings is 1. The van der Waals surface area contributed by atoms with Crippen LogP contribution >= 0.6 is 0 Å². The lowest BCUT2D eigenvalue weighted by molar-refractivity contribution is -0.142. The predicted molar refractivity (Wildman–Crippen MR) is 145 cm³/mol. The molecule has 0 aliphatic heterocycles. The number of hydrogen-bond acceptors (Lipinski definition) is 5. The summed E-state index contributed by atoms with van der Waals surface area (Å²) in [6.45, 7) is 3.02. The van der Waals surface area contributed by atoms with Gasteiger partial charge in [-0.2, -0.15) is 18.3 Å². The molecular formula is C31H24F6N4O2. The number of carbonyl (C=O) groups is 2. The predicted octanol–water partition coefficient (Wildman–Crippen LogP) is 6.43. The zero-order chi connectivity index (χ0) is 31.1. The van der Waals surface area contributed by atoms with E-state index in [0.717, 1.165) is 16.8 Å². The third kappa shape index (κ3) is 6.23. The van der Waals surface area contributed by atoms with Crippen molar-refractivity contribution >= 4 is 17.3 Å². The summed E-state index contributed by atoms with van der Waals surface area (Å²) < 4.78 is 84.2. The molecule has 0 unspecified atom stereocenters. The molecule has 1 aliphatic carbocycles. The van der Waals surface area contributed by atoms with E-state index in [1.54, 1.807) is 12.1 Å². The Bertz CT molecular complexity index is 1740. The van der Waals surface area contributed by atoms with Gasteiger partial charge in [0.1, 0.15) is 17.5 Å². The van der Waals surface area contributed by atoms with Crippen LogP contribution in [0.15, 0.2) is 61.3 Å². The highest BCUT2D eigenvalue weighted by atomic mass is 19.4. The molecule has 0 saturated heterocycles. The maximum Gasteiger partial charge on any atom is 0.435 e. The number of aromatic nitrogens is 3. The van der Waals surface area contributed by atoms with Crippen molar-refractivity contribution in [3.63, 3.8) is 0 Å². The highest BCUT2D eigenvalue weighted by molar-refractivity contribution is 6.01. The summed E-state index contributed by atoms with van der Waals surface area (Å²) >= 11 is 0. The molecule has 2 N–H and O–H groups in total. The van der Waals surface area contributed by atoms with Crippen LogP contribution in [0.5, 0.6) is 0 Å². The molecule has 2 heterocycles. The van der Waals surface area contributed by atoms with Gasteiger partial charge in [-0.3, -0.25) is 19.3 Å². The number of rotatable bonds is 9. The summed E-state index contributed by atoms with van der Waals surface area (Å²) in [7, 11) is 0. The Kier molecular flexibility index (Phi) is 7.96. The van der Waals surface area contributed by atoms with Crippen LogP contribution in [0.25, 0.3) is 16.8 Å². The second kappa shape index (κ2) is 11.5. The van der Waals surface area contributed by atoms with Gasteiger partial charge in [0.2, 0.25) is 0 Å². The van der Waals surface area contributed by atoms with Crippen molar-refractivity contribution in [2.24, 2.45) is 5.73 Å². The van der Waals surface area contributed by atoms with E-state index in [4.69, 9.17) is 5.73 Å². The Morgan fingerprint density at radius 2 is 1.77 bits per heavy atom. The topological polar surface area (TPSA) is 90.9 Å². The number of carbonyl (C=O) groups excluding carboxylic acids is 2. The standard InChI is InChI=1S/C31H24F6N4O2/c1-16(38)24-13-18(4-5-25(24)34)23-3-2-8-39-29(23)19(9-17-10-20(32)14-21(33)11-17)12-22(42)15-41-26-6-7-27(43)28(26)30(40-41)31(35,36)37/h2-5,8,10-11,13-14,19H,1,6-7,9,12,15,38H2/t19-/m1/s1. The summed E-state index contributed by atoms with van der Waals surface area (Å²) in [5, 5.41) is 3.56. The maximum absolute atomic E-state index is 14.4. The highest BCUT2D eigenvalue weighted by Gasteiger charge is 2.43. The molecular weight excluding hydrogens is 574 g/mol. The number of nitrogens with two attached hydrogens (primary N) is 1. The van der Waals surface area contributed by atoms with Crippen LogP contribution in [0.3, 0.4) is 0 Å². The Morgan fingerprint density at radius 3 is 2.44 bits per heavy atom. The van der Waals surface area contributed by atoms with Crippen LogP contribution in [-0.4, -0.2) is 26.3 Å². The van der Waals surface area contributed by atoms with Crippen molar-refractivity contribution in [1.82, 2.24) is 14.8 Å². The van der Waals surface area contributed by atoms with Crippen molar-refractivity contribution < 1.29 is 35.9 Å². The second-order valence-corrected chi connectivity index (χ2v) is 10.3. The van der Waals surface area contributed by atoms with Crippen LogP contribution in [0.2, 0.25) is 0 Å². The molecule has 0 fully saturated rings. The lowest BCUT2D eigenvalue weighted by atomic mass is 9.86. The van der Waals surface area contributed by atoms with Gasteiger partial charge in [-0.05, 0) is 54.3 Å². The Morgan fingerprint density at radius 1 is 1.05 bits per heavy atom. The van der Waals surface area contributed by atoms with Crippen LogP contribution in [-0.2, 0) is 30.4 Å². The normalized spacial score (nSPS) is 13.7. The van der Waals surface area contributed by atoms with E-state index in [-0.39, 0.29) is 48.2 Å². The zero-order valence-electron chi connectivity index (χ0n) is 22.5. The van der Waals surface area contributed by atoms with Gasteiger partial charge in [0, 0.05) is 47.8 Å². The van der Waals surface area contributed by atoms with E-state index in [2.05, 4.69) is 16.7 Å². The largest absolute Gasteiger partial charge is 0.435 e. The van der Waals surface area contributed by atoms with Gasteiger partial charge in [-0.1, -0.05) is 18.7 Å². The number of fused-ring (bicyclic) bond motifs is 1. The third-order valence-electron chi connectivity index (χ3n) is 7.25. The van der Waals surface area contributed by atoms with E-state index in [1.807, 2.05) is 0 Å². The van der Waals surface area contributed by atoms with Gasteiger partial charge in [-0.15, -0.1) is 0 Å². The number of hydrogen-bond donors (Lipinski definition) is 1. The molecule has 1 atom stereocenters. The van der Waals surface area contributed by atoms with Gasteiger partial charge < -0.3 is 5.73 Å². The average Bonchev–Trinajstić information content (AvgIpc) is 3.48. The Labute approximate surface area is 241 Å². The summed E-state index contributed by atoms with van der Waals surface area (Å²) in [6.07, 6.45) is -3.90. The van der Waals surface area contributed by atoms with E-state index < -0.39 is 58.9 Å². The van der Waals surface area contributed by atoms with E-state index >= 15 is 0 Å². The van der Waals surface area contributed by atoms with Gasteiger partial charge in [0.25, 0.3) is 0 Å². The smallest absolute Gasteiger partial charge is 0.399 e. The lowest BCUT2D eigenvalue weighted by Crippen LogP contribution is -2.19. The molecule has 0 amide bonds. The highest BCUT2D eigenvalue weighted by Crippen LogP contribution is 2.37. The molecule has 2 aromatic heterocycles. The molecule has 0 radical (unpaired) electrons. The molecule has 0 spiro atoms. The summed E-state index contributed by atoms with van der Waals surface area (Å²) in [4.78, 5) is 30.0. The molecule has 12 heteroatoms. The molecule has 1 aliphatic rings. The van der Waals surface area contributed by atoms with E-state index in [1.165, 1.54) is 24.4 Å².